The summed E-state index contributed by atoms with van der Waals surface area (Å²) in [7, 11) is 0. The standard InChI is InChI=1S/C20H26N4O2/c1-13(2)26-18(25)20(21,11-19(3,4)5)15-7-8-16-14(10-15)6-9-17-22-12-23-24(16)17/h6-10,12-13H,11,21H2,1-5H3. The number of carbonyl (C=O) groups is 1. The number of rotatable bonds is 4. The molecule has 0 spiro atoms. The molecule has 1 unspecified atom stereocenters. The predicted octanol–water partition coefficient (Wildman–Crippen LogP) is 3.42. The summed E-state index contributed by atoms with van der Waals surface area (Å²) < 4.78 is 7.27. The second-order valence-electron chi connectivity index (χ2n) is 8.30. The van der Waals surface area contributed by atoms with Gasteiger partial charge in [0.2, 0.25) is 0 Å². The molecule has 3 aromatic rings. The lowest BCUT2D eigenvalue weighted by molar-refractivity contribution is -0.156. The summed E-state index contributed by atoms with van der Waals surface area (Å²) >= 11 is 0. The molecular weight excluding hydrogens is 328 g/mol. The van der Waals surface area contributed by atoms with Crippen LogP contribution in [0.15, 0.2) is 36.7 Å². The second kappa shape index (κ2) is 6.36. The van der Waals surface area contributed by atoms with Crippen LogP contribution in [-0.4, -0.2) is 26.7 Å². The van der Waals surface area contributed by atoms with Gasteiger partial charge in [-0.25, -0.2) is 14.3 Å². The van der Waals surface area contributed by atoms with Crippen LogP contribution in [0.3, 0.4) is 0 Å². The Kier molecular flexibility index (Phi) is 4.48. The molecular formula is C20H26N4O2. The number of carbonyl (C=O) groups excluding carboxylic acids is 1. The number of ether oxygens (including phenoxy) is 1. The molecule has 138 valence electrons. The van der Waals surface area contributed by atoms with Gasteiger partial charge in [0.05, 0.1) is 11.6 Å². The van der Waals surface area contributed by atoms with Crippen LogP contribution in [0.5, 0.6) is 0 Å². The number of fused-ring (bicyclic) bond motifs is 3. The highest BCUT2D eigenvalue weighted by atomic mass is 16.5. The molecule has 1 atom stereocenters. The first-order chi connectivity index (χ1) is 12.1. The van der Waals surface area contributed by atoms with Crippen molar-refractivity contribution in [1.82, 2.24) is 14.6 Å². The van der Waals surface area contributed by atoms with Gasteiger partial charge in [-0.2, -0.15) is 5.10 Å². The maximum Gasteiger partial charge on any atom is 0.331 e. The highest BCUT2D eigenvalue weighted by Crippen LogP contribution is 2.35. The Labute approximate surface area is 153 Å². The van der Waals surface area contributed by atoms with Crippen LogP contribution in [0.4, 0.5) is 0 Å². The Morgan fingerprint density at radius 3 is 2.62 bits per heavy atom. The quantitative estimate of drug-likeness (QED) is 0.726. The van der Waals surface area contributed by atoms with E-state index in [0.717, 1.165) is 22.1 Å². The zero-order valence-corrected chi connectivity index (χ0v) is 16.0. The Hall–Kier alpha value is -2.47. The Bertz CT molecular complexity index is 955. The second-order valence-corrected chi connectivity index (χ2v) is 8.30. The zero-order chi connectivity index (χ0) is 19.1. The molecule has 0 saturated carbocycles. The molecule has 0 aliphatic rings. The maximum absolute atomic E-state index is 12.9. The summed E-state index contributed by atoms with van der Waals surface area (Å²) in [6.45, 7) is 9.86. The third-order valence-electron chi connectivity index (χ3n) is 4.27. The maximum atomic E-state index is 12.9. The van der Waals surface area contributed by atoms with Crippen LogP contribution >= 0.6 is 0 Å². The number of pyridine rings is 1. The van der Waals surface area contributed by atoms with Gasteiger partial charge >= 0.3 is 5.97 Å². The van der Waals surface area contributed by atoms with Crippen LogP contribution < -0.4 is 5.73 Å². The Balaban J connectivity index is 2.13. The summed E-state index contributed by atoms with van der Waals surface area (Å²) in [5.74, 6) is -0.399. The monoisotopic (exact) mass is 354 g/mol. The molecule has 0 amide bonds. The van der Waals surface area contributed by atoms with E-state index in [-0.39, 0.29) is 11.5 Å². The fraction of sp³-hybridized carbons (Fsp3) is 0.450. The Morgan fingerprint density at radius 1 is 1.23 bits per heavy atom. The van der Waals surface area contributed by atoms with Crippen LogP contribution in [0, 0.1) is 5.41 Å². The molecule has 6 nitrogen and oxygen atoms in total. The van der Waals surface area contributed by atoms with Crippen LogP contribution in [0.1, 0.15) is 46.6 Å². The van der Waals surface area contributed by atoms with E-state index < -0.39 is 11.5 Å². The lowest BCUT2D eigenvalue weighted by atomic mass is 9.76. The van der Waals surface area contributed by atoms with Gasteiger partial charge in [0.1, 0.15) is 11.9 Å². The van der Waals surface area contributed by atoms with Gasteiger partial charge in [-0.05, 0) is 55.5 Å². The highest BCUT2D eigenvalue weighted by Gasteiger charge is 2.41. The molecule has 0 fully saturated rings. The van der Waals surface area contributed by atoms with E-state index in [1.165, 1.54) is 6.33 Å². The average molecular weight is 354 g/mol. The van der Waals surface area contributed by atoms with Crippen LogP contribution in [-0.2, 0) is 15.1 Å². The summed E-state index contributed by atoms with van der Waals surface area (Å²) in [4.78, 5) is 17.1. The van der Waals surface area contributed by atoms with Crippen LogP contribution in [0.2, 0.25) is 0 Å². The van der Waals surface area contributed by atoms with E-state index in [2.05, 4.69) is 30.9 Å². The van der Waals surface area contributed by atoms with Gasteiger partial charge < -0.3 is 10.5 Å². The molecule has 0 bridgehead atoms. The number of nitrogens with two attached hydrogens (primary N) is 1. The smallest absolute Gasteiger partial charge is 0.331 e. The molecule has 6 heteroatoms. The van der Waals surface area contributed by atoms with Gasteiger partial charge in [-0.3, -0.25) is 0 Å². The summed E-state index contributed by atoms with van der Waals surface area (Å²) in [5, 5.41) is 5.20. The molecule has 1 aromatic carbocycles. The van der Waals surface area contributed by atoms with E-state index in [0.29, 0.717) is 6.42 Å². The normalized spacial score (nSPS) is 14.7. The van der Waals surface area contributed by atoms with Crippen molar-refractivity contribution in [3.8, 4) is 0 Å². The number of nitrogens with zero attached hydrogens (tertiary/aromatic N) is 3. The third kappa shape index (κ3) is 3.42. The number of esters is 1. The molecule has 2 aromatic heterocycles. The fourth-order valence-corrected chi connectivity index (χ4v) is 3.32. The minimum atomic E-state index is -1.21. The van der Waals surface area contributed by atoms with Crippen LogP contribution in [0.25, 0.3) is 16.6 Å². The van der Waals surface area contributed by atoms with Gasteiger partial charge in [0.25, 0.3) is 0 Å². The van der Waals surface area contributed by atoms with Crippen molar-refractivity contribution < 1.29 is 9.53 Å². The first-order valence-corrected chi connectivity index (χ1v) is 8.83. The summed E-state index contributed by atoms with van der Waals surface area (Å²) in [5.41, 5.74) is 7.75. The van der Waals surface area contributed by atoms with Crippen molar-refractivity contribution >= 4 is 22.5 Å². The lowest BCUT2D eigenvalue weighted by Gasteiger charge is -2.34. The molecule has 3 rings (SSSR count). The molecule has 2 heterocycles. The third-order valence-corrected chi connectivity index (χ3v) is 4.27. The van der Waals surface area contributed by atoms with Crippen molar-refractivity contribution in [2.45, 2.75) is 52.7 Å². The number of hydrogen-bond acceptors (Lipinski definition) is 5. The molecule has 0 aliphatic heterocycles. The van der Waals surface area contributed by atoms with Crippen molar-refractivity contribution in [1.29, 1.82) is 0 Å². The predicted molar refractivity (Wildman–Crippen MR) is 102 cm³/mol. The first kappa shape index (κ1) is 18.3. The topological polar surface area (TPSA) is 82.5 Å². The zero-order valence-electron chi connectivity index (χ0n) is 16.0. The van der Waals surface area contributed by atoms with Crippen molar-refractivity contribution in [3.63, 3.8) is 0 Å². The Morgan fingerprint density at radius 2 is 1.96 bits per heavy atom. The van der Waals surface area contributed by atoms with E-state index in [1.807, 2.05) is 44.2 Å². The van der Waals surface area contributed by atoms with E-state index >= 15 is 0 Å². The van der Waals surface area contributed by atoms with Gasteiger partial charge in [0.15, 0.2) is 5.65 Å². The van der Waals surface area contributed by atoms with Gasteiger partial charge in [-0.1, -0.05) is 26.8 Å². The fourth-order valence-electron chi connectivity index (χ4n) is 3.32. The van der Waals surface area contributed by atoms with Crippen molar-refractivity contribution in [2.24, 2.45) is 11.1 Å². The average Bonchev–Trinajstić information content (AvgIpc) is 3.00. The SMILES string of the molecule is CC(C)OC(=O)C(N)(CC(C)(C)C)c1ccc2c(ccc3ncnn32)c1. The highest BCUT2D eigenvalue weighted by molar-refractivity contribution is 5.87. The summed E-state index contributed by atoms with van der Waals surface area (Å²) in [6.07, 6.45) is 1.78. The number of benzene rings is 1. The van der Waals surface area contributed by atoms with E-state index in [9.17, 15) is 4.79 Å². The largest absolute Gasteiger partial charge is 0.461 e. The van der Waals surface area contributed by atoms with E-state index in [4.69, 9.17) is 10.5 Å². The van der Waals surface area contributed by atoms with Gasteiger partial charge in [-0.15, -0.1) is 0 Å². The van der Waals surface area contributed by atoms with Crippen molar-refractivity contribution in [2.75, 3.05) is 0 Å². The molecule has 2 N–H and O–H groups in total. The van der Waals surface area contributed by atoms with Crippen molar-refractivity contribution in [3.05, 3.63) is 42.2 Å². The van der Waals surface area contributed by atoms with E-state index in [1.54, 1.807) is 4.52 Å². The lowest BCUT2D eigenvalue weighted by Crippen LogP contribution is -2.49. The molecule has 26 heavy (non-hydrogen) atoms. The minimum absolute atomic E-state index is 0.143. The first-order valence-electron chi connectivity index (χ1n) is 8.83. The number of hydrogen-bond donors (Lipinski definition) is 1. The van der Waals surface area contributed by atoms with Gasteiger partial charge in [0, 0.05) is 5.39 Å². The number of aromatic nitrogens is 3. The minimum Gasteiger partial charge on any atom is -0.461 e. The summed E-state index contributed by atoms with van der Waals surface area (Å²) in [6, 6.07) is 9.63. The molecule has 0 saturated heterocycles. The molecule has 0 radical (unpaired) electrons. The molecule has 0 aliphatic carbocycles.